The maximum atomic E-state index is 13.1. The first-order chi connectivity index (χ1) is 14.6. The molecule has 1 aliphatic carbocycles. The van der Waals surface area contributed by atoms with Gasteiger partial charge in [-0.15, -0.1) is 11.3 Å². The average Bonchev–Trinajstić information content (AvgIpc) is 3.07. The van der Waals surface area contributed by atoms with E-state index in [1.54, 1.807) is 23.5 Å². The highest BCUT2D eigenvalue weighted by molar-refractivity contribution is 7.14. The average molecular weight is 462 g/mol. The van der Waals surface area contributed by atoms with Crippen LogP contribution in [-0.4, -0.2) is 30.1 Å². The largest absolute Gasteiger partial charge is 0.489 e. The van der Waals surface area contributed by atoms with Gasteiger partial charge in [0, 0.05) is 11.4 Å². The number of aryl methyl sites for hydroxylation is 2. The van der Waals surface area contributed by atoms with E-state index in [1.165, 1.54) is 16.0 Å². The van der Waals surface area contributed by atoms with Crippen molar-refractivity contribution in [3.8, 4) is 5.75 Å². The van der Waals surface area contributed by atoms with Crippen LogP contribution in [0.5, 0.6) is 5.75 Å². The van der Waals surface area contributed by atoms with Gasteiger partial charge in [0.1, 0.15) is 18.5 Å². The van der Waals surface area contributed by atoms with Crippen LogP contribution >= 0.6 is 22.9 Å². The second-order valence-corrected chi connectivity index (χ2v) is 10.6. The molecule has 1 aromatic carbocycles. The van der Waals surface area contributed by atoms with Crippen molar-refractivity contribution in [2.75, 3.05) is 13.2 Å². The van der Waals surface area contributed by atoms with E-state index in [1.807, 2.05) is 19.1 Å². The van der Waals surface area contributed by atoms with Gasteiger partial charge in [0.25, 0.3) is 0 Å². The third kappa shape index (κ3) is 5.58. The molecule has 6 heteroatoms. The fraction of sp³-hybridized carbons (Fsp3) is 0.480. The Bertz CT molecular complexity index is 970. The van der Waals surface area contributed by atoms with Gasteiger partial charge in [-0.1, -0.05) is 38.4 Å². The minimum Gasteiger partial charge on any atom is -0.489 e. The lowest BCUT2D eigenvalue weighted by Crippen LogP contribution is -2.26. The minimum absolute atomic E-state index is 0.0563. The van der Waals surface area contributed by atoms with Gasteiger partial charge in [-0.3, -0.25) is 4.79 Å². The highest BCUT2D eigenvalue weighted by atomic mass is 35.5. The summed E-state index contributed by atoms with van der Waals surface area (Å²) in [6, 6.07) is 3.69. The van der Waals surface area contributed by atoms with Crippen molar-refractivity contribution in [3.63, 3.8) is 0 Å². The molecule has 31 heavy (non-hydrogen) atoms. The highest BCUT2D eigenvalue weighted by Crippen LogP contribution is 2.42. The van der Waals surface area contributed by atoms with Crippen molar-refractivity contribution in [2.45, 2.75) is 59.5 Å². The van der Waals surface area contributed by atoms with Crippen LogP contribution < -0.4 is 10.5 Å². The summed E-state index contributed by atoms with van der Waals surface area (Å²) in [5.74, 6) is 0.584. The van der Waals surface area contributed by atoms with Gasteiger partial charge < -0.3 is 15.6 Å². The number of hydrogen-bond acceptors (Lipinski definition) is 5. The van der Waals surface area contributed by atoms with Crippen molar-refractivity contribution in [1.29, 1.82) is 0 Å². The Labute approximate surface area is 194 Å². The first-order valence-electron chi connectivity index (χ1n) is 10.8. The standard InChI is InChI=1S/C25H32ClNO3S/c1-5-22-19-12-25(3,4)9-8-18(19)24(31-22)21(29)7-6-16-10-15(2)23(20(26)11-16)30-14-17(28)13-27/h6-7,10-11,17,28H,5,8-9,12-14,27H2,1-4H3/b7-6+. The zero-order chi connectivity index (χ0) is 22.8. The molecule has 2 aromatic rings. The van der Waals surface area contributed by atoms with Crippen LogP contribution in [0.3, 0.4) is 0 Å². The lowest BCUT2D eigenvalue weighted by Gasteiger charge is -2.30. The fourth-order valence-electron chi connectivity index (χ4n) is 4.07. The molecule has 0 bridgehead atoms. The van der Waals surface area contributed by atoms with Crippen molar-refractivity contribution >= 4 is 34.8 Å². The molecule has 0 aliphatic heterocycles. The van der Waals surface area contributed by atoms with E-state index < -0.39 is 6.10 Å². The number of aliphatic hydroxyl groups excluding tert-OH is 1. The monoisotopic (exact) mass is 461 g/mol. The van der Waals surface area contributed by atoms with Crippen LogP contribution in [0.1, 0.15) is 64.0 Å². The van der Waals surface area contributed by atoms with E-state index in [9.17, 15) is 9.90 Å². The van der Waals surface area contributed by atoms with Crippen molar-refractivity contribution in [1.82, 2.24) is 0 Å². The van der Waals surface area contributed by atoms with Crippen molar-refractivity contribution in [2.24, 2.45) is 11.1 Å². The van der Waals surface area contributed by atoms with Gasteiger partial charge in [0.05, 0.1) is 9.90 Å². The Kier molecular flexibility index (Phi) is 7.63. The van der Waals surface area contributed by atoms with Gasteiger partial charge in [0.2, 0.25) is 0 Å². The Morgan fingerprint density at radius 2 is 2.13 bits per heavy atom. The van der Waals surface area contributed by atoms with Gasteiger partial charge in [0.15, 0.2) is 5.78 Å². The molecule has 0 spiro atoms. The predicted molar refractivity (Wildman–Crippen MR) is 130 cm³/mol. The summed E-state index contributed by atoms with van der Waals surface area (Å²) >= 11 is 8.04. The number of nitrogens with two attached hydrogens (primary N) is 1. The molecule has 1 heterocycles. The number of allylic oxidation sites excluding steroid dienone is 1. The SMILES string of the molecule is CCc1sc(C(=O)/C=C/c2cc(C)c(OCC(O)CN)c(Cl)c2)c2c1CC(C)(C)CC2. The maximum Gasteiger partial charge on any atom is 0.196 e. The lowest BCUT2D eigenvalue weighted by molar-refractivity contribution is 0.104. The summed E-state index contributed by atoms with van der Waals surface area (Å²) < 4.78 is 5.61. The summed E-state index contributed by atoms with van der Waals surface area (Å²) in [7, 11) is 0. The number of carbonyl (C=O) groups excluding carboxylic acids is 1. The van der Waals surface area contributed by atoms with E-state index in [-0.39, 0.29) is 18.9 Å². The zero-order valence-electron chi connectivity index (χ0n) is 18.8. The molecule has 0 fully saturated rings. The molecule has 1 atom stereocenters. The molecule has 1 aliphatic rings. The number of halogens is 1. The van der Waals surface area contributed by atoms with Crippen LogP contribution in [0.2, 0.25) is 5.02 Å². The second kappa shape index (κ2) is 9.86. The van der Waals surface area contributed by atoms with Crippen LogP contribution in [0.15, 0.2) is 18.2 Å². The number of carbonyl (C=O) groups is 1. The molecular formula is C25H32ClNO3S. The number of aliphatic hydroxyl groups is 1. The van der Waals surface area contributed by atoms with Crippen LogP contribution in [0.4, 0.5) is 0 Å². The molecular weight excluding hydrogens is 430 g/mol. The van der Waals surface area contributed by atoms with Crippen LogP contribution in [0, 0.1) is 12.3 Å². The number of hydrogen-bond donors (Lipinski definition) is 2. The molecule has 3 rings (SSSR count). The maximum absolute atomic E-state index is 13.1. The first kappa shape index (κ1) is 24.0. The number of benzene rings is 1. The van der Waals surface area contributed by atoms with Crippen LogP contribution in [0.25, 0.3) is 6.08 Å². The Morgan fingerprint density at radius 3 is 2.77 bits per heavy atom. The molecule has 168 valence electrons. The number of rotatable bonds is 8. The van der Waals surface area contributed by atoms with E-state index >= 15 is 0 Å². The topological polar surface area (TPSA) is 72.5 Å². The third-order valence-electron chi connectivity index (χ3n) is 5.82. The Morgan fingerprint density at radius 1 is 1.39 bits per heavy atom. The van der Waals surface area contributed by atoms with Crippen molar-refractivity contribution < 1.29 is 14.6 Å². The van der Waals surface area contributed by atoms with Gasteiger partial charge in [-0.25, -0.2) is 0 Å². The summed E-state index contributed by atoms with van der Waals surface area (Å²) in [4.78, 5) is 15.3. The van der Waals surface area contributed by atoms with E-state index in [4.69, 9.17) is 22.1 Å². The minimum atomic E-state index is -0.733. The second-order valence-electron chi connectivity index (χ2n) is 9.05. The summed E-state index contributed by atoms with van der Waals surface area (Å²) in [6.07, 6.45) is 6.82. The van der Waals surface area contributed by atoms with E-state index in [0.717, 1.165) is 41.7 Å². The number of thiophene rings is 1. The molecule has 0 saturated carbocycles. The summed E-state index contributed by atoms with van der Waals surface area (Å²) in [5.41, 5.74) is 10.1. The normalized spacial score (nSPS) is 16.4. The quantitative estimate of drug-likeness (QED) is 0.408. The van der Waals surface area contributed by atoms with Gasteiger partial charge in [-0.05, 0) is 78.5 Å². The highest BCUT2D eigenvalue weighted by Gasteiger charge is 2.31. The predicted octanol–water partition coefficient (Wildman–Crippen LogP) is 5.38. The zero-order valence-corrected chi connectivity index (χ0v) is 20.3. The Hall–Kier alpha value is -1.66. The molecule has 1 unspecified atom stereocenters. The van der Waals surface area contributed by atoms with Crippen molar-refractivity contribution in [3.05, 3.63) is 55.2 Å². The molecule has 0 amide bonds. The number of ketones is 1. The first-order valence-corrected chi connectivity index (χ1v) is 12.0. The Balaban J connectivity index is 1.80. The molecule has 0 radical (unpaired) electrons. The van der Waals surface area contributed by atoms with E-state index in [0.29, 0.717) is 16.2 Å². The fourth-order valence-corrected chi connectivity index (χ4v) is 5.62. The van der Waals surface area contributed by atoms with E-state index in [2.05, 4.69) is 20.8 Å². The molecule has 4 nitrogen and oxygen atoms in total. The molecule has 3 N–H and O–H groups in total. The molecule has 1 aromatic heterocycles. The lowest BCUT2D eigenvalue weighted by atomic mass is 9.74. The summed E-state index contributed by atoms with van der Waals surface area (Å²) in [6.45, 7) is 8.89. The molecule has 0 saturated heterocycles. The number of ether oxygens (including phenoxy) is 1. The summed E-state index contributed by atoms with van der Waals surface area (Å²) in [5, 5.41) is 10.0. The van der Waals surface area contributed by atoms with Gasteiger partial charge in [-0.2, -0.15) is 0 Å². The third-order valence-corrected chi connectivity index (χ3v) is 7.54. The van der Waals surface area contributed by atoms with Gasteiger partial charge >= 0.3 is 0 Å². The van der Waals surface area contributed by atoms with Crippen LogP contribution in [-0.2, 0) is 19.3 Å². The smallest absolute Gasteiger partial charge is 0.196 e. The number of fused-ring (bicyclic) bond motifs is 1.